The summed E-state index contributed by atoms with van der Waals surface area (Å²) in [4.78, 5) is 0. The molecule has 0 heterocycles. The van der Waals surface area contributed by atoms with Crippen LogP contribution in [0.25, 0.3) is 0 Å². The summed E-state index contributed by atoms with van der Waals surface area (Å²) in [7, 11) is 0. The Balaban J connectivity index is 4.39. The fraction of sp³-hybridized carbons (Fsp3) is 0.875. The molecule has 0 bridgehead atoms. The minimum absolute atomic E-state index is 0.322. The van der Waals surface area contributed by atoms with Gasteiger partial charge in [-0.2, -0.15) is 0 Å². The van der Waals surface area contributed by atoms with E-state index in [-0.39, 0.29) is 0 Å². The van der Waals surface area contributed by atoms with Gasteiger partial charge in [-0.15, -0.1) is 0 Å². The molecule has 0 N–H and O–H groups in total. The first kappa shape index (κ1) is 15.7. The Morgan fingerprint density at radius 3 is 1.81 bits per heavy atom. The van der Waals surface area contributed by atoms with E-state index in [4.69, 9.17) is 0 Å². The van der Waals surface area contributed by atoms with Crippen molar-refractivity contribution in [3.63, 3.8) is 0 Å². The summed E-state index contributed by atoms with van der Waals surface area (Å²) in [6.07, 6.45) is 7.23. The first-order valence-electron chi connectivity index (χ1n) is 6.74. The molecule has 0 atom stereocenters. The average Bonchev–Trinajstić information content (AvgIpc) is 1.99. The van der Waals surface area contributed by atoms with Crippen molar-refractivity contribution in [1.29, 1.82) is 0 Å². The molecule has 0 aliphatic rings. The third-order valence-corrected chi connectivity index (χ3v) is 3.65. The minimum atomic E-state index is 0.322. The second-order valence-electron chi connectivity index (χ2n) is 7.34. The van der Waals surface area contributed by atoms with E-state index in [9.17, 15) is 0 Å². The molecule has 0 unspecified atom stereocenters. The summed E-state index contributed by atoms with van der Waals surface area (Å²) >= 11 is 0. The van der Waals surface area contributed by atoms with Crippen LogP contribution in [0.2, 0.25) is 0 Å². The molecule has 0 fully saturated rings. The van der Waals surface area contributed by atoms with Crippen molar-refractivity contribution in [1.82, 2.24) is 0 Å². The lowest BCUT2D eigenvalue weighted by Gasteiger charge is -2.36. The Hall–Kier alpha value is -0.260. The molecule has 0 heteroatoms. The van der Waals surface area contributed by atoms with Crippen molar-refractivity contribution in [2.45, 2.75) is 68.2 Å². The zero-order valence-electron chi connectivity index (χ0n) is 12.7. The van der Waals surface area contributed by atoms with Gasteiger partial charge in [0.05, 0.1) is 0 Å². The predicted molar refractivity (Wildman–Crippen MR) is 75.6 cm³/mol. The van der Waals surface area contributed by atoms with Crippen molar-refractivity contribution in [2.75, 3.05) is 0 Å². The van der Waals surface area contributed by atoms with Gasteiger partial charge >= 0.3 is 0 Å². The zero-order chi connectivity index (χ0) is 13.0. The number of hydrogen-bond donors (Lipinski definition) is 0. The minimum Gasteiger partial charge on any atom is -0.0877 e. The van der Waals surface area contributed by atoms with E-state index in [1.807, 2.05) is 0 Å². The molecule has 0 amide bonds. The molecule has 0 aromatic heterocycles. The second-order valence-corrected chi connectivity index (χ2v) is 7.34. The van der Waals surface area contributed by atoms with Gasteiger partial charge in [0, 0.05) is 0 Å². The van der Waals surface area contributed by atoms with Crippen LogP contribution in [0.15, 0.2) is 12.2 Å². The van der Waals surface area contributed by atoms with Gasteiger partial charge in [0.15, 0.2) is 0 Å². The molecule has 0 aliphatic carbocycles. The fourth-order valence-corrected chi connectivity index (χ4v) is 2.10. The zero-order valence-corrected chi connectivity index (χ0v) is 12.7. The third-order valence-electron chi connectivity index (χ3n) is 3.65. The van der Waals surface area contributed by atoms with E-state index >= 15 is 0 Å². The van der Waals surface area contributed by atoms with Gasteiger partial charge < -0.3 is 0 Å². The van der Waals surface area contributed by atoms with Crippen LogP contribution in [0.5, 0.6) is 0 Å². The maximum absolute atomic E-state index is 2.41. The largest absolute Gasteiger partial charge is 0.0877 e. The van der Waals surface area contributed by atoms with Gasteiger partial charge in [0.2, 0.25) is 0 Å². The number of hydrogen-bond acceptors (Lipinski definition) is 0. The molecule has 16 heavy (non-hydrogen) atoms. The molecule has 0 aromatic carbocycles. The highest BCUT2D eigenvalue weighted by molar-refractivity contribution is 4.98. The van der Waals surface area contributed by atoms with Gasteiger partial charge in [-0.25, -0.2) is 0 Å². The van der Waals surface area contributed by atoms with Crippen molar-refractivity contribution < 1.29 is 0 Å². The Morgan fingerprint density at radius 1 is 0.938 bits per heavy atom. The molecule has 0 aliphatic heterocycles. The third kappa shape index (κ3) is 6.35. The van der Waals surface area contributed by atoms with Crippen molar-refractivity contribution in [3.8, 4) is 0 Å². The van der Waals surface area contributed by atoms with E-state index < -0.39 is 0 Å². The molecule has 0 saturated carbocycles. The van der Waals surface area contributed by atoms with Crippen LogP contribution in [-0.4, -0.2) is 0 Å². The summed E-state index contributed by atoms with van der Waals surface area (Å²) in [5.41, 5.74) is 0.744. The van der Waals surface area contributed by atoms with Crippen LogP contribution in [0.4, 0.5) is 0 Å². The second kappa shape index (κ2) is 5.89. The van der Waals surface area contributed by atoms with E-state index in [2.05, 4.69) is 67.5 Å². The monoisotopic (exact) mass is 224 g/mol. The average molecular weight is 224 g/mol. The first-order chi connectivity index (χ1) is 7.07. The lowest BCUT2D eigenvalue weighted by Crippen LogP contribution is -2.26. The molecule has 0 radical (unpaired) electrons. The molecular formula is C16H32. The van der Waals surface area contributed by atoms with Gasteiger partial charge in [0.1, 0.15) is 0 Å². The SMILES string of the molecule is CC(C)CC=CC(C)(C)CC(C)(C)C(C)C. The lowest BCUT2D eigenvalue weighted by molar-refractivity contribution is 0.168. The molecule has 96 valence electrons. The number of allylic oxidation sites excluding steroid dienone is 2. The van der Waals surface area contributed by atoms with E-state index in [1.54, 1.807) is 0 Å². The summed E-state index contributed by atoms with van der Waals surface area (Å²) < 4.78 is 0. The highest BCUT2D eigenvalue weighted by Gasteiger charge is 2.29. The molecule has 0 rings (SSSR count). The Bertz CT molecular complexity index is 216. The summed E-state index contributed by atoms with van der Waals surface area (Å²) in [6.45, 7) is 18.7. The topological polar surface area (TPSA) is 0 Å². The molecule has 0 saturated heterocycles. The quantitative estimate of drug-likeness (QED) is 0.509. The summed E-state index contributed by atoms with van der Waals surface area (Å²) in [5, 5.41) is 0. The van der Waals surface area contributed by atoms with Gasteiger partial charge in [-0.1, -0.05) is 67.5 Å². The Kier molecular flexibility index (Phi) is 5.79. The predicted octanol–water partition coefficient (Wildman–Crippen LogP) is 5.69. The van der Waals surface area contributed by atoms with E-state index in [0.717, 1.165) is 11.8 Å². The highest BCUT2D eigenvalue weighted by Crippen LogP contribution is 2.39. The van der Waals surface area contributed by atoms with Crippen LogP contribution >= 0.6 is 0 Å². The standard InChI is InChI=1S/C16H32/c1-13(2)10-9-11-15(5,6)12-16(7,8)14(3)4/h9,11,13-14H,10,12H2,1-8H3. The molecular weight excluding hydrogens is 192 g/mol. The van der Waals surface area contributed by atoms with Crippen LogP contribution in [0.1, 0.15) is 68.2 Å². The van der Waals surface area contributed by atoms with E-state index in [0.29, 0.717) is 10.8 Å². The van der Waals surface area contributed by atoms with Crippen LogP contribution in [0.3, 0.4) is 0 Å². The molecule has 0 nitrogen and oxygen atoms in total. The van der Waals surface area contributed by atoms with Gasteiger partial charge in [-0.3, -0.25) is 0 Å². The fourth-order valence-electron chi connectivity index (χ4n) is 2.10. The molecule has 0 aromatic rings. The van der Waals surface area contributed by atoms with Crippen LogP contribution in [-0.2, 0) is 0 Å². The summed E-state index contributed by atoms with van der Waals surface area (Å²) in [5.74, 6) is 1.51. The van der Waals surface area contributed by atoms with E-state index in [1.165, 1.54) is 12.8 Å². The first-order valence-corrected chi connectivity index (χ1v) is 6.74. The van der Waals surface area contributed by atoms with Gasteiger partial charge in [0.25, 0.3) is 0 Å². The lowest BCUT2D eigenvalue weighted by atomic mass is 9.69. The van der Waals surface area contributed by atoms with Crippen molar-refractivity contribution in [2.24, 2.45) is 22.7 Å². The number of rotatable bonds is 6. The smallest absolute Gasteiger partial charge is 0.0170 e. The van der Waals surface area contributed by atoms with Crippen molar-refractivity contribution >= 4 is 0 Å². The molecule has 0 spiro atoms. The summed E-state index contributed by atoms with van der Waals surface area (Å²) in [6, 6.07) is 0. The van der Waals surface area contributed by atoms with Crippen LogP contribution < -0.4 is 0 Å². The van der Waals surface area contributed by atoms with Crippen molar-refractivity contribution in [3.05, 3.63) is 12.2 Å². The van der Waals surface area contributed by atoms with Gasteiger partial charge in [-0.05, 0) is 35.5 Å². The maximum atomic E-state index is 2.41. The highest BCUT2D eigenvalue weighted by atomic mass is 14.3. The Morgan fingerprint density at radius 2 is 1.44 bits per heavy atom. The normalized spacial score (nSPS) is 14.4. The Labute approximate surface area is 104 Å². The van der Waals surface area contributed by atoms with Crippen LogP contribution in [0, 0.1) is 22.7 Å². The maximum Gasteiger partial charge on any atom is -0.0170 e.